The van der Waals surface area contributed by atoms with Crippen molar-refractivity contribution >= 4 is 0 Å². The van der Waals surface area contributed by atoms with E-state index in [-0.39, 0.29) is 12.1 Å². The van der Waals surface area contributed by atoms with Gasteiger partial charge in [-0.1, -0.05) is 30.3 Å². The minimum atomic E-state index is -0.242. The second kappa shape index (κ2) is 5.43. The van der Waals surface area contributed by atoms with Gasteiger partial charge >= 0.3 is 0 Å². The summed E-state index contributed by atoms with van der Waals surface area (Å²) in [6, 6.07) is 10.2. The third kappa shape index (κ3) is 2.82. The lowest BCUT2D eigenvalue weighted by atomic mass is 9.93. The summed E-state index contributed by atoms with van der Waals surface area (Å²) in [7, 11) is 0. The van der Waals surface area contributed by atoms with E-state index < -0.39 is 0 Å². The lowest BCUT2D eigenvalue weighted by molar-refractivity contribution is -0.00813. The van der Waals surface area contributed by atoms with Gasteiger partial charge in [0.25, 0.3) is 0 Å². The Morgan fingerprint density at radius 2 is 2.12 bits per heavy atom. The number of rotatable bonds is 4. The van der Waals surface area contributed by atoms with Crippen molar-refractivity contribution in [1.82, 2.24) is 5.32 Å². The van der Waals surface area contributed by atoms with Crippen LogP contribution in [0.5, 0.6) is 0 Å². The topological polar surface area (TPSA) is 41.5 Å². The zero-order valence-electron chi connectivity index (χ0n) is 9.48. The zero-order valence-corrected chi connectivity index (χ0v) is 9.48. The first kappa shape index (κ1) is 11.6. The summed E-state index contributed by atoms with van der Waals surface area (Å²) in [4.78, 5) is 0. The average molecular weight is 221 g/mol. The third-order valence-electron chi connectivity index (χ3n) is 3.14. The van der Waals surface area contributed by atoms with Gasteiger partial charge in [0, 0.05) is 13.2 Å². The van der Waals surface area contributed by atoms with Crippen molar-refractivity contribution < 1.29 is 9.84 Å². The molecule has 1 aromatic carbocycles. The van der Waals surface area contributed by atoms with Crippen LogP contribution in [0.3, 0.4) is 0 Å². The molecule has 3 heteroatoms. The van der Waals surface area contributed by atoms with E-state index >= 15 is 0 Å². The Morgan fingerprint density at radius 1 is 1.31 bits per heavy atom. The molecule has 0 spiro atoms. The van der Waals surface area contributed by atoms with E-state index in [1.165, 1.54) is 5.56 Å². The molecule has 1 heterocycles. The number of nitrogens with one attached hydrogen (secondary N) is 1. The summed E-state index contributed by atoms with van der Waals surface area (Å²) in [5.74, 6) is 0. The molecule has 1 aromatic rings. The fourth-order valence-corrected chi connectivity index (χ4v) is 2.06. The zero-order chi connectivity index (χ0) is 11.3. The van der Waals surface area contributed by atoms with Gasteiger partial charge in [-0.15, -0.1) is 0 Å². The maximum Gasteiger partial charge on any atom is 0.0670 e. The fourth-order valence-electron chi connectivity index (χ4n) is 2.06. The largest absolute Gasteiger partial charge is 0.394 e. The van der Waals surface area contributed by atoms with Crippen LogP contribution in [0.25, 0.3) is 0 Å². The van der Waals surface area contributed by atoms with Gasteiger partial charge in [0.05, 0.1) is 18.8 Å². The Morgan fingerprint density at radius 3 is 2.75 bits per heavy atom. The summed E-state index contributed by atoms with van der Waals surface area (Å²) in [5.41, 5.74) is 0.995. The summed E-state index contributed by atoms with van der Waals surface area (Å²) in [6.07, 6.45) is 2.00. The number of hydrogen-bond donors (Lipinski definition) is 2. The van der Waals surface area contributed by atoms with Crippen LogP contribution in [0.4, 0.5) is 0 Å². The monoisotopic (exact) mass is 221 g/mol. The SMILES string of the molecule is OCC1(NCc2ccccc2)CCCOC1. The predicted octanol–water partition coefficient (Wildman–Crippen LogP) is 1.32. The molecule has 0 aliphatic carbocycles. The summed E-state index contributed by atoms with van der Waals surface area (Å²) in [6.45, 7) is 2.34. The van der Waals surface area contributed by atoms with Crippen LogP contribution in [-0.2, 0) is 11.3 Å². The van der Waals surface area contributed by atoms with Gasteiger partial charge in [0.2, 0.25) is 0 Å². The van der Waals surface area contributed by atoms with Crippen molar-refractivity contribution in [3.63, 3.8) is 0 Å². The molecule has 88 valence electrons. The number of ether oxygens (including phenoxy) is 1. The number of benzene rings is 1. The van der Waals surface area contributed by atoms with Crippen molar-refractivity contribution in [2.24, 2.45) is 0 Å². The maximum absolute atomic E-state index is 9.48. The molecule has 0 aromatic heterocycles. The molecule has 0 bridgehead atoms. The van der Waals surface area contributed by atoms with E-state index in [0.29, 0.717) is 6.61 Å². The molecule has 0 radical (unpaired) electrons. The molecule has 1 fully saturated rings. The van der Waals surface area contributed by atoms with Crippen LogP contribution in [0.1, 0.15) is 18.4 Å². The molecule has 16 heavy (non-hydrogen) atoms. The van der Waals surface area contributed by atoms with Crippen molar-refractivity contribution in [2.45, 2.75) is 24.9 Å². The van der Waals surface area contributed by atoms with Crippen molar-refractivity contribution in [3.05, 3.63) is 35.9 Å². The van der Waals surface area contributed by atoms with Crippen LogP contribution in [0.15, 0.2) is 30.3 Å². The van der Waals surface area contributed by atoms with E-state index in [9.17, 15) is 5.11 Å². The maximum atomic E-state index is 9.48. The van der Waals surface area contributed by atoms with Crippen molar-refractivity contribution in [3.8, 4) is 0 Å². The van der Waals surface area contributed by atoms with E-state index in [2.05, 4.69) is 17.4 Å². The van der Waals surface area contributed by atoms with Gasteiger partial charge in [0.1, 0.15) is 0 Å². The highest BCUT2D eigenvalue weighted by molar-refractivity contribution is 5.14. The first-order chi connectivity index (χ1) is 7.85. The predicted molar refractivity (Wildman–Crippen MR) is 63.2 cm³/mol. The highest BCUT2D eigenvalue weighted by atomic mass is 16.5. The van der Waals surface area contributed by atoms with E-state index in [1.54, 1.807) is 0 Å². The van der Waals surface area contributed by atoms with Crippen LogP contribution in [-0.4, -0.2) is 30.5 Å². The van der Waals surface area contributed by atoms with Crippen LogP contribution >= 0.6 is 0 Å². The van der Waals surface area contributed by atoms with Gasteiger partial charge in [-0.25, -0.2) is 0 Å². The molecule has 1 saturated heterocycles. The van der Waals surface area contributed by atoms with Crippen molar-refractivity contribution in [2.75, 3.05) is 19.8 Å². The molecule has 3 nitrogen and oxygen atoms in total. The summed E-state index contributed by atoms with van der Waals surface area (Å²) in [5, 5.41) is 12.9. The fraction of sp³-hybridized carbons (Fsp3) is 0.538. The second-order valence-corrected chi connectivity index (χ2v) is 4.43. The highest BCUT2D eigenvalue weighted by Crippen LogP contribution is 2.19. The highest BCUT2D eigenvalue weighted by Gasteiger charge is 2.31. The first-order valence-corrected chi connectivity index (χ1v) is 5.82. The van der Waals surface area contributed by atoms with E-state index in [0.717, 1.165) is 26.0 Å². The van der Waals surface area contributed by atoms with Gasteiger partial charge in [0.15, 0.2) is 0 Å². The number of aliphatic hydroxyl groups excluding tert-OH is 1. The molecule has 1 aliphatic rings. The van der Waals surface area contributed by atoms with Crippen LogP contribution in [0, 0.1) is 0 Å². The van der Waals surface area contributed by atoms with Gasteiger partial charge < -0.3 is 15.2 Å². The van der Waals surface area contributed by atoms with Crippen LogP contribution < -0.4 is 5.32 Å². The van der Waals surface area contributed by atoms with E-state index in [1.807, 2.05) is 18.2 Å². The summed E-state index contributed by atoms with van der Waals surface area (Å²) < 4.78 is 5.44. The molecule has 0 saturated carbocycles. The Balaban J connectivity index is 1.92. The smallest absolute Gasteiger partial charge is 0.0670 e. The first-order valence-electron chi connectivity index (χ1n) is 5.82. The molecule has 1 aliphatic heterocycles. The lowest BCUT2D eigenvalue weighted by Gasteiger charge is -2.36. The standard InChI is InChI=1S/C13H19NO2/c15-10-13(7-4-8-16-11-13)14-9-12-5-2-1-3-6-12/h1-3,5-6,14-15H,4,7-11H2. The van der Waals surface area contributed by atoms with E-state index in [4.69, 9.17) is 4.74 Å². The normalized spacial score (nSPS) is 25.6. The Bertz CT molecular complexity index is 307. The number of hydrogen-bond acceptors (Lipinski definition) is 3. The minimum Gasteiger partial charge on any atom is -0.394 e. The Kier molecular flexibility index (Phi) is 3.93. The molecule has 0 amide bonds. The molecular formula is C13H19NO2. The Labute approximate surface area is 96.4 Å². The summed E-state index contributed by atoms with van der Waals surface area (Å²) >= 11 is 0. The molecular weight excluding hydrogens is 202 g/mol. The lowest BCUT2D eigenvalue weighted by Crippen LogP contribution is -2.54. The van der Waals surface area contributed by atoms with Gasteiger partial charge in [-0.3, -0.25) is 0 Å². The average Bonchev–Trinajstić information content (AvgIpc) is 2.39. The second-order valence-electron chi connectivity index (χ2n) is 4.43. The third-order valence-corrected chi connectivity index (χ3v) is 3.14. The molecule has 1 atom stereocenters. The molecule has 1 unspecified atom stereocenters. The van der Waals surface area contributed by atoms with Crippen molar-refractivity contribution in [1.29, 1.82) is 0 Å². The molecule has 2 N–H and O–H groups in total. The number of aliphatic hydroxyl groups is 1. The minimum absolute atomic E-state index is 0.139. The molecule has 2 rings (SSSR count). The van der Waals surface area contributed by atoms with Gasteiger partial charge in [-0.05, 0) is 18.4 Å². The quantitative estimate of drug-likeness (QED) is 0.805. The van der Waals surface area contributed by atoms with Gasteiger partial charge in [-0.2, -0.15) is 0 Å². The Hall–Kier alpha value is -0.900. The van der Waals surface area contributed by atoms with Crippen LogP contribution in [0.2, 0.25) is 0 Å².